The van der Waals surface area contributed by atoms with Crippen molar-refractivity contribution < 1.29 is 0 Å². The molecule has 23 heavy (non-hydrogen) atoms. The van der Waals surface area contributed by atoms with Crippen molar-refractivity contribution in [2.24, 2.45) is 7.05 Å². The molecule has 0 aliphatic rings. The number of benzene rings is 1. The highest BCUT2D eigenvalue weighted by Crippen LogP contribution is 2.22. The van der Waals surface area contributed by atoms with Gasteiger partial charge in [0.05, 0.1) is 0 Å². The van der Waals surface area contributed by atoms with Crippen LogP contribution in [0.2, 0.25) is 0 Å². The predicted octanol–water partition coefficient (Wildman–Crippen LogP) is 3.44. The number of hydrogen-bond acceptors (Lipinski definition) is 5. The second kappa shape index (κ2) is 6.48. The normalized spacial score (nSPS) is 10.8. The molecular formula is C17H20N6. The van der Waals surface area contributed by atoms with Crippen molar-refractivity contribution in [1.82, 2.24) is 19.7 Å². The third kappa shape index (κ3) is 3.66. The number of aromatic nitrogens is 4. The first-order chi connectivity index (χ1) is 11.1. The average Bonchev–Trinajstić information content (AvgIpc) is 2.93. The lowest BCUT2D eigenvalue weighted by atomic mass is 10.3. The van der Waals surface area contributed by atoms with E-state index in [2.05, 4.69) is 39.5 Å². The fourth-order valence-electron chi connectivity index (χ4n) is 2.26. The van der Waals surface area contributed by atoms with Crippen LogP contribution in [0.15, 0.2) is 48.7 Å². The van der Waals surface area contributed by atoms with E-state index in [0.717, 1.165) is 23.0 Å². The lowest BCUT2D eigenvalue weighted by Gasteiger charge is -2.13. The summed E-state index contributed by atoms with van der Waals surface area (Å²) in [6.07, 6.45) is 1.74. The minimum absolute atomic E-state index is 0.286. The molecule has 1 aromatic carbocycles. The van der Waals surface area contributed by atoms with Crippen LogP contribution in [0.1, 0.15) is 13.8 Å². The van der Waals surface area contributed by atoms with Gasteiger partial charge in [0.15, 0.2) is 5.82 Å². The third-order valence-electron chi connectivity index (χ3n) is 3.26. The quantitative estimate of drug-likeness (QED) is 0.755. The van der Waals surface area contributed by atoms with Crippen molar-refractivity contribution in [2.75, 3.05) is 10.6 Å². The van der Waals surface area contributed by atoms with E-state index in [9.17, 15) is 0 Å². The van der Waals surface area contributed by atoms with Crippen molar-refractivity contribution in [2.45, 2.75) is 19.9 Å². The summed E-state index contributed by atoms with van der Waals surface area (Å²) >= 11 is 0. The first kappa shape index (κ1) is 15.0. The van der Waals surface area contributed by atoms with Crippen LogP contribution >= 0.6 is 0 Å². The minimum Gasteiger partial charge on any atom is -0.368 e. The molecule has 0 bridgehead atoms. The summed E-state index contributed by atoms with van der Waals surface area (Å²) < 4.78 is 1.76. The Morgan fingerprint density at radius 1 is 1.00 bits per heavy atom. The Kier molecular flexibility index (Phi) is 4.23. The van der Waals surface area contributed by atoms with Crippen molar-refractivity contribution in [3.63, 3.8) is 0 Å². The van der Waals surface area contributed by atoms with Crippen LogP contribution in [-0.4, -0.2) is 25.8 Å². The third-order valence-corrected chi connectivity index (χ3v) is 3.26. The maximum Gasteiger partial charge on any atom is 0.181 e. The van der Waals surface area contributed by atoms with E-state index >= 15 is 0 Å². The zero-order chi connectivity index (χ0) is 16.2. The molecule has 0 fully saturated rings. The van der Waals surface area contributed by atoms with Crippen LogP contribution in [0.25, 0.3) is 11.5 Å². The van der Waals surface area contributed by atoms with Gasteiger partial charge in [0.2, 0.25) is 0 Å². The number of para-hydroxylation sites is 1. The Labute approximate surface area is 135 Å². The van der Waals surface area contributed by atoms with E-state index in [0.29, 0.717) is 5.82 Å². The van der Waals surface area contributed by atoms with Crippen LogP contribution < -0.4 is 10.6 Å². The topological polar surface area (TPSA) is 67.7 Å². The molecular weight excluding hydrogens is 288 g/mol. The summed E-state index contributed by atoms with van der Waals surface area (Å²) in [5.74, 6) is 2.16. The molecule has 118 valence electrons. The van der Waals surface area contributed by atoms with E-state index in [1.54, 1.807) is 10.9 Å². The zero-order valence-corrected chi connectivity index (χ0v) is 13.5. The van der Waals surface area contributed by atoms with Crippen LogP contribution in [0.3, 0.4) is 0 Å². The first-order valence-electron chi connectivity index (χ1n) is 7.58. The molecule has 3 aromatic rings. The standard InChI is InChI=1S/C17H20N6/c1-12(2)19-15-11-16(20-13-7-5-4-6-8-13)22-17(21-15)14-9-10-18-23(14)3/h4-12H,1-3H3,(H2,19,20,21,22). The molecule has 6 nitrogen and oxygen atoms in total. The highest BCUT2D eigenvalue weighted by atomic mass is 15.3. The Hall–Kier alpha value is -2.89. The lowest BCUT2D eigenvalue weighted by molar-refractivity contribution is 0.769. The maximum atomic E-state index is 4.62. The van der Waals surface area contributed by atoms with Gasteiger partial charge in [-0.2, -0.15) is 5.10 Å². The lowest BCUT2D eigenvalue weighted by Crippen LogP contribution is -2.12. The summed E-state index contributed by atoms with van der Waals surface area (Å²) in [6.45, 7) is 4.16. The van der Waals surface area contributed by atoms with Gasteiger partial charge in [-0.3, -0.25) is 4.68 Å². The molecule has 2 aromatic heterocycles. The van der Waals surface area contributed by atoms with Gasteiger partial charge in [0, 0.05) is 31.0 Å². The van der Waals surface area contributed by atoms with Gasteiger partial charge in [-0.25, -0.2) is 9.97 Å². The highest BCUT2D eigenvalue weighted by molar-refractivity contribution is 5.63. The molecule has 3 rings (SSSR count). The van der Waals surface area contributed by atoms with E-state index in [4.69, 9.17) is 0 Å². The van der Waals surface area contributed by atoms with Crippen LogP contribution in [0.4, 0.5) is 17.3 Å². The van der Waals surface area contributed by atoms with Crippen molar-refractivity contribution in [1.29, 1.82) is 0 Å². The van der Waals surface area contributed by atoms with Gasteiger partial charge in [0.25, 0.3) is 0 Å². The molecule has 0 spiro atoms. The number of aryl methyl sites for hydroxylation is 1. The van der Waals surface area contributed by atoms with Crippen LogP contribution in [0.5, 0.6) is 0 Å². The molecule has 0 atom stereocenters. The fourth-order valence-corrected chi connectivity index (χ4v) is 2.26. The van der Waals surface area contributed by atoms with E-state index < -0.39 is 0 Å². The maximum absolute atomic E-state index is 4.62. The Bertz CT molecular complexity index is 779. The van der Waals surface area contributed by atoms with Gasteiger partial charge >= 0.3 is 0 Å². The molecule has 0 aliphatic carbocycles. The largest absolute Gasteiger partial charge is 0.368 e. The number of nitrogens with one attached hydrogen (secondary N) is 2. The second-order valence-electron chi connectivity index (χ2n) is 5.59. The molecule has 0 saturated heterocycles. The molecule has 6 heteroatoms. The summed E-state index contributed by atoms with van der Waals surface area (Å²) in [7, 11) is 1.88. The van der Waals surface area contributed by atoms with Gasteiger partial charge in [-0.1, -0.05) is 18.2 Å². The Morgan fingerprint density at radius 2 is 1.74 bits per heavy atom. The van der Waals surface area contributed by atoms with Crippen molar-refractivity contribution >= 4 is 17.3 Å². The Balaban J connectivity index is 1.99. The van der Waals surface area contributed by atoms with Crippen LogP contribution in [-0.2, 0) is 7.05 Å². The predicted molar refractivity (Wildman–Crippen MR) is 92.7 cm³/mol. The van der Waals surface area contributed by atoms with Crippen LogP contribution in [0, 0.1) is 0 Å². The summed E-state index contributed by atoms with van der Waals surface area (Å²) in [4.78, 5) is 9.21. The molecule has 2 N–H and O–H groups in total. The summed E-state index contributed by atoms with van der Waals surface area (Å²) in [5.41, 5.74) is 1.85. The number of anilines is 3. The molecule has 0 amide bonds. The first-order valence-corrected chi connectivity index (χ1v) is 7.58. The number of rotatable bonds is 5. The van der Waals surface area contributed by atoms with Gasteiger partial charge < -0.3 is 10.6 Å². The van der Waals surface area contributed by atoms with E-state index in [1.807, 2.05) is 49.5 Å². The zero-order valence-electron chi connectivity index (χ0n) is 13.5. The SMILES string of the molecule is CC(C)Nc1cc(Nc2ccccc2)nc(-c2ccnn2C)n1. The smallest absolute Gasteiger partial charge is 0.181 e. The molecule has 0 aliphatic heterocycles. The van der Waals surface area contributed by atoms with E-state index in [-0.39, 0.29) is 6.04 Å². The van der Waals surface area contributed by atoms with E-state index in [1.165, 1.54) is 0 Å². The molecule has 0 saturated carbocycles. The Morgan fingerprint density at radius 3 is 2.39 bits per heavy atom. The molecule has 0 unspecified atom stereocenters. The van der Waals surface area contributed by atoms with Gasteiger partial charge in [-0.15, -0.1) is 0 Å². The fraction of sp³-hybridized carbons (Fsp3) is 0.235. The molecule has 0 radical (unpaired) electrons. The highest BCUT2D eigenvalue weighted by Gasteiger charge is 2.11. The van der Waals surface area contributed by atoms with Gasteiger partial charge in [-0.05, 0) is 32.0 Å². The summed E-state index contributed by atoms with van der Waals surface area (Å²) in [5, 5.41) is 10.8. The number of hydrogen-bond donors (Lipinski definition) is 2. The van der Waals surface area contributed by atoms with Crippen molar-refractivity contribution in [3.8, 4) is 11.5 Å². The second-order valence-corrected chi connectivity index (χ2v) is 5.59. The monoisotopic (exact) mass is 308 g/mol. The van der Waals surface area contributed by atoms with Crippen molar-refractivity contribution in [3.05, 3.63) is 48.7 Å². The molecule has 2 heterocycles. The minimum atomic E-state index is 0.286. The summed E-state index contributed by atoms with van der Waals surface area (Å²) in [6, 6.07) is 14.1. The number of nitrogens with zero attached hydrogens (tertiary/aromatic N) is 4. The van der Waals surface area contributed by atoms with Gasteiger partial charge in [0.1, 0.15) is 17.3 Å². The average molecular weight is 308 g/mol.